The molecule has 0 aliphatic carbocycles. The van der Waals surface area contributed by atoms with Gasteiger partial charge in [-0.25, -0.2) is 0 Å². The molecule has 0 saturated heterocycles. The number of nitro benzene ring substituents is 1. The molecule has 0 aliphatic heterocycles. The summed E-state index contributed by atoms with van der Waals surface area (Å²) < 4.78 is 0.870. The van der Waals surface area contributed by atoms with E-state index < -0.39 is 4.92 Å². The van der Waals surface area contributed by atoms with Crippen LogP contribution < -0.4 is 5.73 Å². The molecule has 0 radical (unpaired) electrons. The minimum absolute atomic E-state index is 0.110. The average molecular weight is 208 g/mol. The van der Waals surface area contributed by atoms with E-state index in [0.29, 0.717) is 0 Å². The molecule has 2 rings (SSSR count). The summed E-state index contributed by atoms with van der Waals surface area (Å²) in [6.45, 7) is 1.91. The summed E-state index contributed by atoms with van der Waals surface area (Å²) in [7, 11) is 0. The third-order valence-corrected chi connectivity index (χ3v) is 3.19. The number of fused-ring (bicyclic) bond motifs is 1. The standard InChI is InChI=1S/C9H8N2O2S/c1-5-9(10)7-3-2-6(11(12)13)4-8(7)14-5/h2-4H,10H2,1H3. The van der Waals surface area contributed by atoms with Gasteiger partial charge in [0, 0.05) is 27.1 Å². The van der Waals surface area contributed by atoms with Crippen LogP contribution in [0.4, 0.5) is 11.4 Å². The molecule has 14 heavy (non-hydrogen) atoms. The third-order valence-electron chi connectivity index (χ3n) is 2.11. The molecular formula is C9H8N2O2S. The SMILES string of the molecule is Cc1sc2cc([N+](=O)[O-])ccc2c1N. The molecular weight excluding hydrogens is 200 g/mol. The van der Waals surface area contributed by atoms with Crippen molar-refractivity contribution in [3.63, 3.8) is 0 Å². The molecule has 0 unspecified atom stereocenters. The third kappa shape index (κ3) is 1.22. The number of non-ortho nitro benzene ring substituents is 1. The number of rotatable bonds is 1. The van der Waals surface area contributed by atoms with Crippen molar-refractivity contribution in [2.75, 3.05) is 5.73 Å². The highest BCUT2D eigenvalue weighted by Gasteiger charge is 2.10. The number of hydrogen-bond donors (Lipinski definition) is 1. The number of nitrogens with zero attached hydrogens (tertiary/aromatic N) is 1. The van der Waals surface area contributed by atoms with Gasteiger partial charge in [0.05, 0.1) is 10.6 Å². The summed E-state index contributed by atoms with van der Waals surface area (Å²) in [6.07, 6.45) is 0. The Labute approximate surface area is 84.1 Å². The van der Waals surface area contributed by atoms with E-state index in [1.54, 1.807) is 12.1 Å². The van der Waals surface area contributed by atoms with Crippen molar-refractivity contribution in [1.82, 2.24) is 0 Å². The molecule has 0 bridgehead atoms. The van der Waals surface area contributed by atoms with Gasteiger partial charge in [-0.3, -0.25) is 10.1 Å². The van der Waals surface area contributed by atoms with Crippen molar-refractivity contribution in [3.8, 4) is 0 Å². The van der Waals surface area contributed by atoms with Crippen LogP contribution in [0, 0.1) is 17.0 Å². The number of thiophene rings is 1. The van der Waals surface area contributed by atoms with E-state index in [0.717, 1.165) is 20.7 Å². The number of hydrogen-bond acceptors (Lipinski definition) is 4. The molecule has 0 spiro atoms. The van der Waals surface area contributed by atoms with Crippen LogP contribution in [0.3, 0.4) is 0 Å². The van der Waals surface area contributed by atoms with Crippen molar-refractivity contribution >= 4 is 32.8 Å². The van der Waals surface area contributed by atoms with Crippen LogP contribution in [0.25, 0.3) is 10.1 Å². The second-order valence-electron chi connectivity index (χ2n) is 3.01. The molecule has 0 atom stereocenters. The van der Waals surface area contributed by atoms with Gasteiger partial charge in [-0.05, 0) is 13.0 Å². The lowest BCUT2D eigenvalue weighted by molar-refractivity contribution is -0.384. The van der Waals surface area contributed by atoms with Gasteiger partial charge in [0.1, 0.15) is 0 Å². The topological polar surface area (TPSA) is 69.2 Å². The molecule has 0 fully saturated rings. The first-order valence-corrected chi connectivity index (χ1v) is 4.84. The van der Waals surface area contributed by atoms with E-state index in [2.05, 4.69) is 0 Å². The van der Waals surface area contributed by atoms with Crippen molar-refractivity contribution in [1.29, 1.82) is 0 Å². The van der Waals surface area contributed by atoms with Gasteiger partial charge in [0.2, 0.25) is 0 Å². The van der Waals surface area contributed by atoms with Crippen LogP contribution in [0.2, 0.25) is 0 Å². The fraction of sp³-hybridized carbons (Fsp3) is 0.111. The molecule has 2 aromatic rings. The Bertz CT molecular complexity index is 519. The van der Waals surface area contributed by atoms with Crippen molar-refractivity contribution in [2.24, 2.45) is 0 Å². The summed E-state index contributed by atoms with van der Waals surface area (Å²) in [5.41, 5.74) is 6.64. The quantitative estimate of drug-likeness (QED) is 0.578. The molecule has 0 saturated carbocycles. The van der Waals surface area contributed by atoms with Crippen molar-refractivity contribution in [3.05, 3.63) is 33.2 Å². The first-order valence-electron chi connectivity index (χ1n) is 4.02. The Balaban J connectivity index is 2.73. The van der Waals surface area contributed by atoms with Gasteiger partial charge in [-0.15, -0.1) is 11.3 Å². The fourth-order valence-electron chi connectivity index (χ4n) is 1.34. The second kappa shape index (κ2) is 2.95. The van der Waals surface area contributed by atoms with E-state index in [4.69, 9.17) is 5.73 Å². The van der Waals surface area contributed by atoms with Gasteiger partial charge >= 0.3 is 0 Å². The van der Waals surface area contributed by atoms with Crippen LogP contribution in [0.15, 0.2) is 18.2 Å². The zero-order valence-corrected chi connectivity index (χ0v) is 8.30. The second-order valence-corrected chi connectivity index (χ2v) is 4.27. The zero-order valence-electron chi connectivity index (χ0n) is 7.48. The normalized spacial score (nSPS) is 10.6. The zero-order chi connectivity index (χ0) is 10.3. The maximum atomic E-state index is 10.5. The summed E-state index contributed by atoms with van der Waals surface area (Å²) >= 11 is 1.48. The van der Waals surface area contributed by atoms with Gasteiger partial charge in [-0.1, -0.05) is 0 Å². The molecule has 72 valence electrons. The molecule has 1 heterocycles. The number of anilines is 1. The van der Waals surface area contributed by atoms with Crippen molar-refractivity contribution in [2.45, 2.75) is 6.92 Å². The van der Waals surface area contributed by atoms with Crippen LogP contribution in [0.1, 0.15) is 4.88 Å². The highest BCUT2D eigenvalue weighted by molar-refractivity contribution is 7.19. The van der Waals surface area contributed by atoms with Crippen LogP contribution in [-0.4, -0.2) is 4.92 Å². The lowest BCUT2D eigenvalue weighted by atomic mass is 10.2. The minimum Gasteiger partial charge on any atom is -0.397 e. The number of nitro groups is 1. The lowest BCUT2D eigenvalue weighted by Gasteiger charge is -1.92. The molecule has 2 N–H and O–H groups in total. The Hall–Kier alpha value is -1.62. The molecule has 1 aromatic heterocycles. The van der Waals surface area contributed by atoms with Gasteiger partial charge in [-0.2, -0.15) is 0 Å². The maximum Gasteiger partial charge on any atom is 0.270 e. The van der Waals surface area contributed by atoms with Crippen LogP contribution >= 0.6 is 11.3 Å². The van der Waals surface area contributed by atoms with Gasteiger partial charge < -0.3 is 5.73 Å². The number of nitrogens with two attached hydrogens (primary N) is 1. The summed E-state index contributed by atoms with van der Waals surface area (Å²) in [5, 5.41) is 11.4. The molecule has 0 aliphatic rings. The number of benzene rings is 1. The highest BCUT2D eigenvalue weighted by atomic mass is 32.1. The Morgan fingerprint density at radius 2 is 2.21 bits per heavy atom. The summed E-state index contributed by atoms with van der Waals surface area (Å²) in [5.74, 6) is 0. The lowest BCUT2D eigenvalue weighted by Crippen LogP contribution is -1.87. The molecule has 5 heteroatoms. The Morgan fingerprint density at radius 3 is 2.86 bits per heavy atom. The van der Waals surface area contributed by atoms with E-state index >= 15 is 0 Å². The highest BCUT2D eigenvalue weighted by Crippen LogP contribution is 2.34. The largest absolute Gasteiger partial charge is 0.397 e. The summed E-state index contributed by atoms with van der Waals surface area (Å²) in [6, 6.07) is 4.74. The Kier molecular flexibility index (Phi) is 1.89. The molecule has 4 nitrogen and oxygen atoms in total. The molecule has 0 amide bonds. The number of aryl methyl sites for hydroxylation is 1. The monoisotopic (exact) mass is 208 g/mol. The van der Waals surface area contributed by atoms with E-state index in [-0.39, 0.29) is 5.69 Å². The van der Waals surface area contributed by atoms with Gasteiger partial charge in [0.25, 0.3) is 5.69 Å². The predicted molar refractivity (Wildman–Crippen MR) is 57.6 cm³/mol. The maximum absolute atomic E-state index is 10.5. The van der Waals surface area contributed by atoms with E-state index in [1.807, 2.05) is 6.92 Å². The first kappa shape index (κ1) is 8.96. The first-order chi connectivity index (χ1) is 6.59. The average Bonchev–Trinajstić information content (AvgIpc) is 2.42. The fourth-order valence-corrected chi connectivity index (χ4v) is 2.36. The predicted octanol–water partition coefficient (Wildman–Crippen LogP) is 2.70. The summed E-state index contributed by atoms with van der Waals surface area (Å²) in [4.78, 5) is 11.1. The smallest absolute Gasteiger partial charge is 0.270 e. The van der Waals surface area contributed by atoms with Gasteiger partial charge in [0.15, 0.2) is 0 Å². The Morgan fingerprint density at radius 1 is 1.50 bits per heavy atom. The molecule has 1 aromatic carbocycles. The minimum atomic E-state index is -0.398. The van der Waals surface area contributed by atoms with E-state index in [1.165, 1.54) is 17.4 Å². The van der Waals surface area contributed by atoms with Crippen LogP contribution in [0.5, 0.6) is 0 Å². The van der Waals surface area contributed by atoms with E-state index in [9.17, 15) is 10.1 Å². The van der Waals surface area contributed by atoms with Crippen LogP contribution in [-0.2, 0) is 0 Å². The van der Waals surface area contributed by atoms with Crippen molar-refractivity contribution < 1.29 is 4.92 Å². The number of nitrogen functional groups attached to an aromatic ring is 1.